The molecule has 0 saturated heterocycles. The highest BCUT2D eigenvalue weighted by Crippen LogP contribution is 2.31. The summed E-state index contributed by atoms with van der Waals surface area (Å²) in [5, 5.41) is 4.19. The van der Waals surface area contributed by atoms with Crippen molar-refractivity contribution in [3.63, 3.8) is 0 Å². The minimum absolute atomic E-state index is 0.442. The molecule has 1 saturated carbocycles. The number of para-hydroxylation sites is 1. The van der Waals surface area contributed by atoms with Crippen LogP contribution in [-0.2, 0) is 0 Å². The maximum absolute atomic E-state index is 5.96. The molecular weight excluding hydrogens is 250 g/mol. The van der Waals surface area contributed by atoms with Gasteiger partial charge in [0.05, 0.1) is 5.56 Å². The van der Waals surface area contributed by atoms with E-state index in [2.05, 4.69) is 10.1 Å². The zero-order valence-corrected chi connectivity index (χ0v) is 11.7. The number of nitrogens with zero attached hydrogens (tertiary/aromatic N) is 2. The van der Waals surface area contributed by atoms with Crippen molar-refractivity contribution in [2.45, 2.75) is 50.9 Å². The molecule has 4 nitrogen and oxygen atoms in total. The highest BCUT2D eigenvalue weighted by atomic mass is 16.5. The first kappa shape index (κ1) is 13.2. The Balaban J connectivity index is 1.80. The van der Waals surface area contributed by atoms with Crippen LogP contribution in [0.25, 0.3) is 11.5 Å². The van der Waals surface area contributed by atoms with E-state index < -0.39 is 0 Å². The van der Waals surface area contributed by atoms with Crippen LogP contribution in [-0.4, -0.2) is 10.1 Å². The highest BCUT2D eigenvalue weighted by molar-refractivity contribution is 5.69. The standard InChI is InChI=1S/C16H21N3O/c17-14-11-7-6-10-13(14)16-18-15(19-20-16)12-8-4-2-1-3-5-9-12/h6-7,10-12H,1-5,8-9,17H2. The smallest absolute Gasteiger partial charge is 0.260 e. The Bertz CT molecular complexity index is 556. The summed E-state index contributed by atoms with van der Waals surface area (Å²) in [4.78, 5) is 4.58. The van der Waals surface area contributed by atoms with Crippen molar-refractivity contribution in [2.24, 2.45) is 0 Å². The zero-order valence-electron chi connectivity index (χ0n) is 11.7. The number of anilines is 1. The molecule has 1 fully saturated rings. The van der Waals surface area contributed by atoms with E-state index in [1.165, 1.54) is 44.9 Å². The molecule has 1 aliphatic rings. The SMILES string of the molecule is Nc1ccccc1-c1nc(C2CCCCCCC2)no1. The summed E-state index contributed by atoms with van der Waals surface area (Å²) in [5.74, 6) is 1.84. The Hall–Kier alpha value is -1.84. The molecule has 1 heterocycles. The van der Waals surface area contributed by atoms with Gasteiger partial charge in [-0.25, -0.2) is 0 Å². The summed E-state index contributed by atoms with van der Waals surface area (Å²) in [6.07, 6.45) is 8.89. The topological polar surface area (TPSA) is 64.9 Å². The molecule has 0 unspecified atom stereocenters. The van der Waals surface area contributed by atoms with Crippen LogP contribution in [0.3, 0.4) is 0 Å². The van der Waals surface area contributed by atoms with E-state index in [9.17, 15) is 0 Å². The van der Waals surface area contributed by atoms with E-state index >= 15 is 0 Å². The molecule has 2 aromatic rings. The average molecular weight is 271 g/mol. The van der Waals surface area contributed by atoms with Crippen molar-refractivity contribution in [1.29, 1.82) is 0 Å². The van der Waals surface area contributed by atoms with Crippen molar-refractivity contribution in [1.82, 2.24) is 10.1 Å². The van der Waals surface area contributed by atoms with Gasteiger partial charge in [0.2, 0.25) is 0 Å². The summed E-state index contributed by atoms with van der Waals surface area (Å²) in [7, 11) is 0. The molecular formula is C16H21N3O. The van der Waals surface area contributed by atoms with Crippen molar-refractivity contribution < 1.29 is 4.52 Å². The maximum Gasteiger partial charge on any atom is 0.260 e. The second-order valence-electron chi connectivity index (χ2n) is 5.59. The molecule has 1 aromatic carbocycles. The first-order valence-electron chi connectivity index (χ1n) is 7.53. The predicted molar refractivity (Wildman–Crippen MR) is 79.2 cm³/mol. The maximum atomic E-state index is 5.96. The summed E-state index contributed by atoms with van der Waals surface area (Å²) in [6, 6.07) is 7.62. The third-order valence-electron chi connectivity index (χ3n) is 4.10. The molecule has 106 valence electrons. The third kappa shape index (κ3) is 2.84. The van der Waals surface area contributed by atoms with Gasteiger partial charge in [-0.15, -0.1) is 0 Å². The van der Waals surface area contributed by atoms with E-state index in [1.54, 1.807) is 0 Å². The lowest BCUT2D eigenvalue weighted by Gasteiger charge is -2.15. The number of nitrogen functional groups attached to an aromatic ring is 1. The van der Waals surface area contributed by atoms with Crippen LogP contribution in [0, 0.1) is 0 Å². The quantitative estimate of drug-likeness (QED) is 0.833. The van der Waals surface area contributed by atoms with Crippen LogP contribution < -0.4 is 5.73 Å². The van der Waals surface area contributed by atoms with Gasteiger partial charge in [0.15, 0.2) is 5.82 Å². The third-order valence-corrected chi connectivity index (χ3v) is 4.10. The van der Waals surface area contributed by atoms with Crippen LogP contribution >= 0.6 is 0 Å². The Morgan fingerprint density at radius 2 is 1.70 bits per heavy atom. The van der Waals surface area contributed by atoms with Crippen LogP contribution in [0.15, 0.2) is 28.8 Å². The molecule has 0 amide bonds. The molecule has 0 spiro atoms. The van der Waals surface area contributed by atoms with E-state index in [0.29, 0.717) is 17.5 Å². The molecule has 0 bridgehead atoms. The molecule has 2 N–H and O–H groups in total. The monoisotopic (exact) mass is 271 g/mol. The second kappa shape index (κ2) is 6.07. The number of aromatic nitrogens is 2. The highest BCUT2D eigenvalue weighted by Gasteiger charge is 2.20. The minimum atomic E-state index is 0.442. The van der Waals surface area contributed by atoms with Gasteiger partial charge in [-0.3, -0.25) is 0 Å². The number of benzene rings is 1. The van der Waals surface area contributed by atoms with Crippen LogP contribution in [0.2, 0.25) is 0 Å². The van der Waals surface area contributed by atoms with Gasteiger partial charge < -0.3 is 10.3 Å². The zero-order chi connectivity index (χ0) is 13.8. The summed E-state index contributed by atoms with van der Waals surface area (Å²) < 4.78 is 5.42. The number of rotatable bonds is 2. The van der Waals surface area contributed by atoms with Crippen LogP contribution in [0.4, 0.5) is 5.69 Å². The number of hydrogen-bond donors (Lipinski definition) is 1. The lowest BCUT2D eigenvalue weighted by Crippen LogP contribution is -2.04. The molecule has 0 aliphatic heterocycles. The lowest BCUT2D eigenvalue weighted by atomic mass is 9.91. The van der Waals surface area contributed by atoms with E-state index in [1.807, 2.05) is 24.3 Å². The average Bonchev–Trinajstić information content (AvgIpc) is 2.88. The lowest BCUT2D eigenvalue weighted by molar-refractivity contribution is 0.393. The summed E-state index contributed by atoms with van der Waals surface area (Å²) in [5.41, 5.74) is 7.47. The van der Waals surface area contributed by atoms with Gasteiger partial charge in [-0.05, 0) is 25.0 Å². The first-order chi connectivity index (χ1) is 9.84. The Labute approximate surface area is 119 Å². The van der Waals surface area contributed by atoms with Gasteiger partial charge in [0.1, 0.15) is 0 Å². The predicted octanol–water partition coefficient (Wildman–Crippen LogP) is 4.15. The van der Waals surface area contributed by atoms with Gasteiger partial charge in [0, 0.05) is 11.6 Å². The van der Waals surface area contributed by atoms with Crippen molar-refractivity contribution in [3.05, 3.63) is 30.1 Å². The summed E-state index contributed by atoms with van der Waals surface area (Å²) >= 11 is 0. The fourth-order valence-corrected chi connectivity index (χ4v) is 2.92. The van der Waals surface area contributed by atoms with Gasteiger partial charge in [-0.2, -0.15) is 4.98 Å². The van der Waals surface area contributed by atoms with Crippen LogP contribution in [0.1, 0.15) is 56.7 Å². The minimum Gasteiger partial charge on any atom is -0.398 e. The van der Waals surface area contributed by atoms with Crippen molar-refractivity contribution >= 4 is 5.69 Å². The number of hydrogen-bond acceptors (Lipinski definition) is 4. The number of nitrogens with two attached hydrogens (primary N) is 1. The molecule has 1 aliphatic carbocycles. The molecule has 20 heavy (non-hydrogen) atoms. The Morgan fingerprint density at radius 3 is 2.45 bits per heavy atom. The van der Waals surface area contributed by atoms with Gasteiger partial charge >= 0.3 is 0 Å². The second-order valence-corrected chi connectivity index (χ2v) is 5.59. The molecule has 0 atom stereocenters. The van der Waals surface area contributed by atoms with Crippen molar-refractivity contribution in [3.8, 4) is 11.5 Å². The Kier molecular flexibility index (Phi) is 4.00. The van der Waals surface area contributed by atoms with Gasteiger partial charge in [-0.1, -0.05) is 49.4 Å². The normalized spacial score (nSPS) is 17.6. The Morgan fingerprint density at radius 1 is 1.00 bits per heavy atom. The molecule has 1 aromatic heterocycles. The summed E-state index contributed by atoms with van der Waals surface area (Å²) in [6.45, 7) is 0. The fourth-order valence-electron chi connectivity index (χ4n) is 2.92. The largest absolute Gasteiger partial charge is 0.398 e. The molecule has 0 radical (unpaired) electrons. The van der Waals surface area contributed by atoms with Crippen LogP contribution in [0.5, 0.6) is 0 Å². The van der Waals surface area contributed by atoms with E-state index in [-0.39, 0.29) is 0 Å². The molecule has 4 heteroatoms. The van der Waals surface area contributed by atoms with Crippen molar-refractivity contribution in [2.75, 3.05) is 5.73 Å². The van der Waals surface area contributed by atoms with E-state index in [0.717, 1.165) is 11.4 Å². The fraction of sp³-hybridized carbons (Fsp3) is 0.500. The molecule has 3 rings (SSSR count). The van der Waals surface area contributed by atoms with Gasteiger partial charge in [0.25, 0.3) is 5.89 Å². The van der Waals surface area contributed by atoms with E-state index in [4.69, 9.17) is 10.3 Å². The first-order valence-corrected chi connectivity index (χ1v) is 7.53.